The predicted molar refractivity (Wildman–Crippen MR) is 140 cm³/mol. The summed E-state index contributed by atoms with van der Waals surface area (Å²) in [5.41, 5.74) is 1.19. The molecule has 188 valence electrons. The third-order valence-corrected chi connectivity index (χ3v) is 8.26. The second-order valence-electron chi connectivity index (χ2n) is 8.65. The van der Waals surface area contributed by atoms with Crippen LogP contribution in [-0.4, -0.2) is 18.1 Å². The highest BCUT2D eigenvalue weighted by molar-refractivity contribution is 8.05. The van der Waals surface area contributed by atoms with Gasteiger partial charge in [-0.2, -0.15) is 13.2 Å². The van der Waals surface area contributed by atoms with E-state index in [9.17, 15) is 18.0 Å². The maximum Gasteiger partial charge on any atom is 0.416 e. The average Bonchev–Trinajstić information content (AvgIpc) is 3.37. The Morgan fingerprint density at radius 1 is 1.03 bits per heavy atom. The van der Waals surface area contributed by atoms with Crippen LogP contribution < -0.4 is 25.6 Å². The first-order valence-corrected chi connectivity index (χ1v) is 12.5. The van der Waals surface area contributed by atoms with Crippen molar-refractivity contribution in [2.45, 2.75) is 17.1 Å². The molecule has 3 N–H and O–H groups in total. The number of fused-ring (bicyclic) bond motifs is 2. The van der Waals surface area contributed by atoms with Crippen LogP contribution in [0.25, 0.3) is 0 Å². The summed E-state index contributed by atoms with van der Waals surface area (Å²) in [7, 11) is 1.57. The first-order valence-electron chi connectivity index (χ1n) is 11.3. The first-order chi connectivity index (χ1) is 17.7. The molecule has 0 aliphatic carbocycles. The van der Waals surface area contributed by atoms with E-state index in [1.165, 1.54) is 17.8 Å². The molecule has 0 aromatic heterocycles. The lowest BCUT2D eigenvalue weighted by Gasteiger charge is -2.36. The Morgan fingerprint density at radius 2 is 1.81 bits per heavy atom. The Kier molecular flexibility index (Phi) is 5.39. The number of nitrogens with one attached hydrogen (secondary N) is 3. The second kappa shape index (κ2) is 8.42. The molecule has 1 amide bonds. The zero-order chi connectivity index (χ0) is 25.9. The van der Waals surface area contributed by atoms with Gasteiger partial charge in [-0.15, -0.1) is 0 Å². The van der Waals surface area contributed by atoms with Gasteiger partial charge in [0.2, 0.25) is 4.87 Å². The number of methoxy groups -OCH3 is 1. The van der Waals surface area contributed by atoms with Crippen LogP contribution in [0.4, 0.5) is 24.5 Å². The number of halogens is 3. The van der Waals surface area contributed by atoms with E-state index in [1.54, 1.807) is 12.0 Å². The molecule has 0 fully saturated rings. The number of anilines is 2. The summed E-state index contributed by atoms with van der Waals surface area (Å²) >= 11 is 6.73. The zero-order valence-corrected chi connectivity index (χ0v) is 20.9. The molecule has 2 unspecified atom stereocenters. The molecule has 37 heavy (non-hydrogen) atoms. The predicted octanol–water partition coefficient (Wildman–Crippen LogP) is 5.46. The number of benzene rings is 3. The van der Waals surface area contributed by atoms with Crippen molar-refractivity contribution in [3.8, 4) is 5.75 Å². The average molecular weight is 541 g/mol. The maximum atomic E-state index is 13.8. The van der Waals surface area contributed by atoms with Crippen LogP contribution in [0.5, 0.6) is 5.75 Å². The number of carbonyl (C=O) groups excluding carboxylic acids is 1. The number of para-hydroxylation sites is 1. The van der Waals surface area contributed by atoms with Gasteiger partial charge in [-0.05, 0) is 60.2 Å². The van der Waals surface area contributed by atoms with E-state index in [1.807, 2.05) is 54.6 Å². The molecule has 0 bridgehead atoms. The number of carbonyl (C=O) groups is 1. The first kappa shape index (κ1) is 23.7. The lowest BCUT2D eigenvalue weighted by Crippen LogP contribution is -2.51. The van der Waals surface area contributed by atoms with Crippen molar-refractivity contribution in [2.24, 2.45) is 0 Å². The van der Waals surface area contributed by atoms with Crippen molar-refractivity contribution in [2.75, 3.05) is 17.3 Å². The second-order valence-corrected chi connectivity index (χ2v) is 10.3. The lowest BCUT2D eigenvalue weighted by molar-refractivity contribution is -0.137. The highest BCUT2D eigenvalue weighted by Gasteiger charge is 2.60. The summed E-state index contributed by atoms with van der Waals surface area (Å²) < 4.78 is 46.7. The minimum atomic E-state index is -4.57. The standard InChI is InChI=1S/C26H19F3N4O2S2/c1-35-17-9-5-6-14(12-17)20-21-22(32-24(36)31-20)33(16-7-3-2-4-8-16)25(37-21)18-13-15(26(27,28)29)10-11-19(18)30-23(25)34/h2-13,20H,1H3,(H,30,34)(H2,31,32,36). The number of ether oxygens (including phenoxy) is 1. The van der Waals surface area contributed by atoms with Crippen LogP contribution in [-0.2, 0) is 15.8 Å². The van der Waals surface area contributed by atoms with Crippen molar-refractivity contribution in [1.82, 2.24) is 10.6 Å². The molecule has 3 aromatic rings. The summed E-state index contributed by atoms with van der Waals surface area (Å²) in [5, 5.41) is 9.56. The minimum Gasteiger partial charge on any atom is -0.497 e. The molecule has 0 saturated carbocycles. The molecule has 0 saturated heterocycles. The Hall–Kier alpha value is -3.70. The Bertz CT molecular complexity index is 1480. The van der Waals surface area contributed by atoms with Gasteiger partial charge in [-0.25, -0.2) is 0 Å². The highest BCUT2D eigenvalue weighted by atomic mass is 32.2. The summed E-state index contributed by atoms with van der Waals surface area (Å²) in [6.07, 6.45) is -4.57. The van der Waals surface area contributed by atoms with Crippen molar-refractivity contribution < 1.29 is 22.7 Å². The zero-order valence-electron chi connectivity index (χ0n) is 19.2. The summed E-state index contributed by atoms with van der Waals surface area (Å²) in [5.74, 6) is 0.734. The monoisotopic (exact) mass is 540 g/mol. The number of alkyl halides is 3. The van der Waals surface area contributed by atoms with E-state index in [4.69, 9.17) is 17.0 Å². The van der Waals surface area contributed by atoms with Gasteiger partial charge in [0, 0.05) is 16.9 Å². The number of rotatable bonds is 3. The van der Waals surface area contributed by atoms with Crippen LogP contribution in [0.1, 0.15) is 22.7 Å². The Labute approximate surface area is 219 Å². The van der Waals surface area contributed by atoms with Crippen LogP contribution in [0.15, 0.2) is 83.5 Å². The SMILES string of the molecule is COc1cccc(C2NC(=S)NC3=C2SC2(C(=O)Nc4ccc(C(F)(F)F)cc42)N3c2ccccc2)c1. The quantitative estimate of drug-likeness (QED) is 0.382. The van der Waals surface area contributed by atoms with E-state index >= 15 is 0 Å². The summed E-state index contributed by atoms with van der Waals surface area (Å²) in [6, 6.07) is 19.4. The van der Waals surface area contributed by atoms with Gasteiger partial charge in [0.1, 0.15) is 11.6 Å². The molecule has 1 spiro atoms. The topological polar surface area (TPSA) is 65.6 Å². The van der Waals surface area contributed by atoms with Gasteiger partial charge in [0.15, 0.2) is 5.11 Å². The van der Waals surface area contributed by atoms with E-state index < -0.39 is 28.6 Å². The summed E-state index contributed by atoms with van der Waals surface area (Å²) in [6.45, 7) is 0. The molecule has 0 radical (unpaired) electrons. The minimum absolute atomic E-state index is 0.229. The molecular formula is C26H19F3N4O2S2. The maximum absolute atomic E-state index is 13.8. The highest BCUT2D eigenvalue weighted by Crippen LogP contribution is 2.61. The number of hydrogen-bond donors (Lipinski definition) is 3. The third-order valence-electron chi connectivity index (χ3n) is 6.51. The number of thioether (sulfide) groups is 1. The fourth-order valence-electron chi connectivity index (χ4n) is 4.88. The van der Waals surface area contributed by atoms with Gasteiger partial charge < -0.3 is 20.7 Å². The molecule has 6 nitrogen and oxygen atoms in total. The van der Waals surface area contributed by atoms with E-state index in [2.05, 4.69) is 16.0 Å². The molecular weight excluding hydrogens is 521 g/mol. The van der Waals surface area contributed by atoms with Crippen molar-refractivity contribution in [3.63, 3.8) is 0 Å². The van der Waals surface area contributed by atoms with Gasteiger partial charge >= 0.3 is 6.18 Å². The molecule has 3 aliphatic rings. The smallest absolute Gasteiger partial charge is 0.416 e. The molecule has 11 heteroatoms. The van der Waals surface area contributed by atoms with Crippen LogP contribution in [0.3, 0.4) is 0 Å². The van der Waals surface area contributed by atoms with Crippen LogP contribution >= 0.6 is 24.0 Å². The molecule has 3 aliphatic heterocycles. The van der Waals surface area contributed by atoms with E-state index in [0.717, 1.165) is 17.7 Å². The number of thiocarbonyl (C=S) groups is 1. The molecule has 3 heterocycles. The summed E-state index contributed by atoms with van der Waals surface area (Å²) in [4.78, 5) is 14.7. The number of nitrogens with zero attached hydrogens (tertiary/aromatic N) is 1. The van der Waals surface area contributed by atoms with Gasteiger partial charge in [-0.1, -0.05) is 42.1 Å². The largest absolute Gasteiger partial charge is 0.497 e. The van der Waals surface area contributed by atoms with Crippen LogP contribution in [0.2, 0.25) is 0 Å². The van der Waals surface area contributed by atoms with E-state index in [0.29, 0.717) is 33.0 Å². The molecule has 6 rings (SSSR count). The third kappa shape index (κ3) is 3.64. The molecule has 2 atom stereocenters. The van der Waals surface area contributed by atoms with E-state index in [-0.39, 0.29) is 5.56 Å². The normalized spacial score (nSPS) is 22.4. The fraction of sp³-hybridized carbons (Fsp3) is 0.154. The lowest BCUT2D eigenvalue weighted by atomic mass is 10.0. The fourth-order valence-corrected chi connectivity index (χ4v) is 6.68. The number of hydrogen-bond acceptors (Lipinski definition) is 5. The number of amides is 1. The van der Waals surface area contributed by atoms with Crippen LogP contribution in [0, 0.1) is 0 Å². The van der Waals surface area contributed by atoms with Crippen molar-refractivity contribution in [3.05, 3.63) is 100 Å². The Balaban J connectivity index is 1.58. The van der Waals surface area contributed by atoms with Crippen molar-refractivity contribution in [1.29, 1.82) is 0 Å². The Morgan fingerprint density at radius 3 is 2.54 bits per heavy atom. The molecule has 3 aromatic carbocycles. The van der Waals surface area contributed by atoms with Gasteiger partial charge in [0.05, 0.1) is 23.6 Å². The van der Waals surface area contributed by atoms with Gasteiger partial charge in [0.25, 0.3) is 5.91 Å². The van der Waals surface area contributed by atoms with Gasteiger partial charge in [-0.3, -0.25) is 9.69 Å². The van der Waals surface area contributed by atoms with Crippen molar-refractivity contribution >= 4 is 46.4 Å².